The van der Waals surface area contributed by atoms with Gasteiger partial charge in [-0.2, -0.15) is 0 Å². The average Bonchev–Trinajstić information content (AvgIpc) is 2.01. The Labute approximate surface area is 97.4 Å². The number of hydrogen-bond donors (Lipinski definition) is 1. The van der Waals surface area contributed by atoms with Crippen LogP contribution >= 0.6 is 12.4 Å². The first-order chi connectivity index (χ1) is 6.31. The monoisotopic (exact) mass is 241 g/mol. The van der Waals surface area contributed by atoms with Crippen molar-refractivity contribution in [2.75, 3.05) is 13.1 Å². The Morgan fingerprint density at radius 3 is 2.27 bits per heavy atom. The minimum absolute atomic E-state index is 0. The van der Waals surface area contributed by atoms with E-state index in [0.29, 0.717) is 13.0 Å². The summed E-state index contributed by atoms with van der Waals surface area (Å²) >= 11 is 0. The number of nitrogens with one attached hydrogen (secondary N) is 1. The summed E-state index contributed by atoms with van der Waals surface area (Å²) in [6, 6.07) is 0. The molecule has 0 spiro atoms. The predicted molar refractivity (Wildman–Crippen MR) is 61.9 cm³/mol. The fourth-order valence-corrected chi connectivity index (χ4v) is 2.06. The molecule has 1 fully saturated rings. The molecule has 0 saturated carbocycles. The van der Waals surface area contributed by atoms with Crippen LogP contribution in [-0.4, -0.2) is 19.0 Å². The van der Waals surface area contributed by atoms with Crippen molar-refractivity contribution in [3.05, 3.63) is 0 Å². The molecule has 0 aromatic heterocycles. The van der Waals surface area contributed by atoms with Gasteiger partial charge in [0.1, 0.15) is 0 Å². The SMILES string of the molecule is CC(C)(C)CC(F)(F)C1CCCNC1.Cl. The lowest BCUT2D eigenvalue weighted by molar-refractivity contribution is -0.0930. The Bertz CT molecular complexity index is 184. The van der Waals surface area contributed by atoms with Crippen LogP contribution in [0.15, 0.2) is 0 Å². The van der Waals surface area contributed by atoms with Crippen molar-refractivity contribution in [3.63, 3.8) is 0 Å². The molecule has 92 valence electrons. The first-order valence-corrected chi connectivity index (χ1v) is 5.40. The summed E-state index contributed by atoms with van der Waals surface area (Å²) in [6.07, 6.45) is 1.53. The maximum Gasteiger partial charge on any atom is 0.252 e. The normalized spacial score (nSPS) is 23.4. The fraction of sp³-hybridized carbons (Fsp3) is 1.00. The Balaban J connectivity index is 0.00000196. The van der Waals surface area contributed by atoms with Crippen molar-refractivity contribution in [1.29, 1.82) is 0 Å². The molecule has 1 saturated heterocycles. The molecular formula is C11H22ClF2N. The zero-order valence-corrected chi connectivity index (χ0v) is 10.6. The lowest BCUT2D eigenvalue weighted by Gasteiger charge is -2.34. The zero-order chi connectivity index (χ0) is 10.8. The minimum Gasteiger partial charge on any atom is -0.316 e. The quantitative estimate of drug-likeness (QED) is 0.781. The highest BCUT2D eigenvalue weighted by Crippen LogP contribution is 2.39. The summed E-state index contributed by atoms with van der Waals surface area (Å²) in [7, 11) is 0. The number of alkyl halides is 2. The molecule has 0 bridgehead atoms. The van der Waals surface area contributed by atoms with Crippen molar-refractivity contribution in [1.82, 2.24) is 5.32 Å². The average molecular weight is 242 g/mol. The maximum absolute atomic E-state index is 13.8. The zero-order valence-electron chi connectivity index (χ0n) is 9.78. The molecule has 1 N–H and O–H groups in total. The summed E-state index contributed by atoms with van der Waals surface area (Å²) in [4.78, 5) is 0. The van der Waals surface area contributed by atoms with Gasteiger partial charge >= 0.3 is 0 Å². The van der Waals surface area contributed by atoms with Crippen LogP contribution < -0.4 is 5.32 Å². The van der Waals surface area contributed by atoms with E-state index in [1.807, 2.05) is 20.8 Å². The molecule has 1 nitrogen and oxygen atoms in total. The third-order valence-corrected chi connectivity index (χ3v) is 2.66. The molecule has 1 aliphatic heterocycles. The van der Waals surface area contributed by atoms with E-state index in [1.54, 1.807) is 0 Å². The van der Waals surface area contributed by atoms with Crippen molar-refractivity contribution in [2.45, 2.75) is 46.0 Å². The van der Waals surface area contributed by atoms with Crippen molar-refractivity contribution < 1.29 is 8.78 Å². The van der Waals surface area contributed by atoms with E-state index in [1.165, 1.54) is 0 Å². The van der Waals surface area contributed by atoms with E-state index >= 15 is 0 Å². The van der Waals surface area contributed by atoms with Gasteiger partial charge in [-0.05, 0) is 24.8 Å². The van der Waals surface area contributed by atoms with E-state index in [-0.39, 0.29) is 24.2 Å². The van der Waals surface area contributed by atoms with Crippen LogP contribution in [0.25, 0.3) is 0 Å². The summed E-state index contributed by atoms with van der Waals surface area (Å²) in [6.45, 7) is 6.98. The standard InChI is InChI=1S/C11H21F2N.ClH/c1-10(2,3)8-11(12,13)9-5-4-6-14-7-9;/h9,14H,4-8H2,1-3H3;1H. The van der Waals surface area contributed by atoms with Crippen LogP contribution in [0.1, 0.15) is 40.0 Å². The van der Waals surface area contributed by atoms with Gasteiger partial charge in [-0.15, -0.1) is 12.4 Å². The van der Waals surface area contributed by atoms with Gasteiger partial charge in [0, 0.05) is 18.9 Å². The second-order valence-electron chi connectivity index (χ2n) is 5.54. The molecule has 0 amide bonds. The van der Waals surface area contributed by atoms with E-state index in [0.717, 1.165) is 13.0 Å². The van der Waals surface area contributed by atoms with Gasteiger partial charge in [-0.3, -0.25) is 0 Å². The highest BCUT2D eigenvalue weighted by Gasteiger charge is 2.42. The van der Waals surface area contributed by atoms with Crippen molar-refractivity contribution in [2.24, 2.45) is 11.3 Å². The molecule has 0 aromatic carbocycles. The third kappa shape index (κ3) is 5.12. The van der Waals surface area contributed by atoms with Crippen LogP contribution in [0.4, 0.5) is 8.78 Å². The van der Waals surface area contributed by atoms with Gasteiger partial charge in [0.05, 0.1) is 0 Å². The molecule has 1 rings (SSSR count). The Morgan fingerprint density at radius 2 is 1.87 bits per heavy atom. The van der Waals surface area contributed by atoms with E-state index < -0.39 is 11.8 Å². The minimum atomic E-state index is -2.51. The molecule has 0 aromatic rings. The second-order valence-corrected chi connectivity index (χ2v) is 5.54. The van der Waals surface area contributed by atoms with Gasteiger partial charge < -0.3 is 5.32 Å². The van der Waals surface area contributed by atoms with Crippen LogP contribution in [0, 0.1) is 11.3 Å². The molecule has 1 heterocycles. The van der Waals surface area contributed by atoms with Gasteiger partial charge in [-0.1, -0.05) is 20.8 Å². The smallest absolute Gasteiger partial charge is 0.252 e. The lowest BCUT2D eigenvalue weighted by atomic mass is 9.81. The van der Waals surface area contributed by atoms with Crippen LogP contribution in [0.2, 0.25) is 0 Å². The number of halogens is 3. The number of hydrogen-bond acceptors (Lipinski definition) is 1. The molecule has 15 heavy (non-hydrogen) atoms. The molecule has 1 aliphatic rings. The highest BCUT2D eigenvalue weighted by atomic mass is 35.5. The summed E-state index contributed by atoms with van der Waals surface area (Å²) in [5, 5.41) is 3.05. The summed E-state index contributed by atoms with van der Waals surface area (Å²) in [5.41, 5.74) is -0.291. The molecule has 0 radical (unpaired) electrons. The van der Waals surface area contributed by atoms with Crippen LogP contribution in [0.3, 0.4) is 0 Å². The molecule has 1 unspecified atom stereocenters. The lowest BCUT2D eigenvalue weighted by Crippen LogP contribution is -2.42. The van der Waals surface area contributed by atoms with Gasteiger partial charge in [0.2, 0.25) is 0 Å². The summed E-state index contributed by atoms with van der Waals surface area (Å²) < 4.78 is 27.5. The Morgan fingerprint density at radius 1 is 1.27 bits per heavy atom. The topological polar surface area (TPSA) is 12.0 Å². The first kappa shape index (κ1) is 15.1. The molecule has 1 atom stereocenters. The largest absolute Gasteiger partial charge is 0.316 e. The molecular weight excluding hydrogens is 220 g/mol. The van der Waals surface area contributed by atoms with Crippen molar-refractivity contribution >= 4 is 12.4 Å². The predicted octanol–water partition coefficient (Wildman–Crippen LogP) is 3.48. The third-order valence-electron chi connectivity index (χ3n) is 2.66. The van der Waals surface area contributed by atoms with Crippen LogP contribution in [0.5, 0.6) is 0 Å². The van der Waals surface area contributed by atoms with E-state index in [2.05, 4.69) is 5.32 Å². The second kappa shape index (κ2) is 5.44. The van der Waals surface area contributed by atoms with Gasteiger partial charge in [0.25, 0.3) is 5.92 Å². The van der Waals surface area contributed by atoms with E-state index in [4.69, 9.17) is 0 Å². The Kier molecular flexibility index (Phi) is 5.48. The molecule has 0 aliphatic carbocycles. The number of piperidine rings is 1. The first-order valence-electron chi connectivity index (χ1n) is 5.40. The highest BCUT2D eigenvalue weighted by molar-refractivity contribution is 5.85. The fourth-order valence-electron chi connectivity index (χ4n) is 2.06. The van der Waals surface area contributed by atoms with Crippen molar-refractivity contribution in [3.8, 4) is 0 Å². The van der Waals surface area contributed by atoms with Gasteiger partial charge in [-0.25, -0.2) is 8.78 Å². The Hall–Kier alpha value is 0.110. The number of rotatable bonds is 2. The molecule has 4 heteroatoms. The van der Waals surface area contributed by atoms with Gasteiger partial charge in [0.15, 0.2) is 0 Å². The maximum atomic E-state index is 13.8. The van der Waals surface area contributed by atoms with Crippen LogP contribution in [-0.2, 0) is 0 Å². The van der Waals surface area contributed by atoms with E-state index in [9.17, 15) is 8.78 Å². The summed E-state index contributed by atoms with van der Waals surface area (Å²) in [5.74, 6) is -2.97.